The first-order chi connectivity index (χ1) is 26.4. The van der Waals surface area contributed by atoms with Crippen LogP contribution in [0.2, 0.25) is 0 Å². The minimum atomic E-state index is -0.475. The summed E-state index contributed by atoms with van der Waals surface area (Å²) in [6.45, 7) is 6.28. The van der Waals surface area contributed by atoms with E-state index < -0.39 is 5.91 Å². The minimum Gasteiger partial charge on any atom is -0.311 e. The van der Waals surface area contributed by atoms with Crippen molar-refractivity contribution in [3.05, 3.63) is 143 Å². The molecule has 1 aliphatic heterocycles. The quantitative estimate of drug-likeness (QED) is 0.0868. The maximum absolute atomic E-state index is 13.7. The Kier molecular flexibility index (Phi) is 11.5. The lowest BCUT2D eigenvalue weighted by molar-refractivity contribution is -0.141. The van der Waals surface area contributed by atoms with Gasteiger partial charge >= 0.3 is 0 Å². The zero-order valence-corrected chi connectivity index (χ0v) is 33.1. The van der Waals surface area contributed by atoms with Gasteiger partial charge in [0.1, 0.15) is 11.6 Å². The highest BCUT2D eigenvalue weighted by atomic mass is 32.1. The molecule has 0 saturated carbocycles. The molecule has 54 heavy (non-hydrogen) atoms. The molecule has 3 aromatic carbocycles. The molecule has 0 N–H and O–H groups in total. The fraction of sp³-hybridized carbons (Fsp3) is 0.196. The second-order valence-corrected chi connectivity index (χ2v) is 16.7. The van der Waals surface area contributed by atoms with E-state index in [1.54, 1.807) is 40.9 Å². The van der Waals surface area contributed by atoms with Gasteiger partial charge in [-0.15, -0.1) is 34.0 Å². The topological polar surface area (TPSA) is 64.4 Å². The van der Waals surface area contributed by atoms with Crippen LogP contribution in [0.3, 0.4) is 0 Å². The lowest BCUT2D eigenvalue weighted by Gasteiger charge is -2.30. The van der Waals surface area contributed by atoms with E-state index in [4.69, 9.17) is 0 Å². The van der Waals surface area contributed by atoms with Crippen molar-refractivity contribution in [1.29, 1.82) is 5.26 Å². The lowest BCUT2D eigenvalue weighted by atomic mass is 9.92. The summed E-state index contributed by atoms with van der Waals surface area (Å²) in [6.07, 6.45) is 5.78. The van der Waals surface area contributed by atoms with Gasteiger partial charge in [0, 0.05) is 58.4 Å². The Morgan fingerprint density at radius 2 is 1.22 bits per heavy atom. The number of hydrogen-bond donors (Lipinski definition) is 0. The second kappa shape index (κ2) is 16.8. The van der Waals surface area contributed by atoms with Crippen LogP contribution in [-0.4, -0.2) is 23.3 Å². The third kappa shape index (κ3) is 7.81. The van der Waals surface area contributed by atoms with Crippen molar-refractivity contribution in [2.45, 2.75) is 46.5 Å². The van der Waals surface area contributed by atoms with E-state index >= 15 is 0 Å². The Hall–Kier alpha value is -5.33. The SMILES string of the molecule is CCCCC(CC)CN1C(=O)C(C#N)=C(C)/C(=C/c2ccc(-c3ccc(-c4ccc(-c5ccc(N(c6ccccc6)c6ccccc6)cc5)s4)s3)s2)C1=O. The van der Waals surface area contributed by atoms with Crippen LogP contribution in [0.5, 0.6) is 0 Å². The second-order valence-electron chi connectivity index (χ2n) is 13.4. The van der Waals surface area contributed by atoms with Gasteiger partial charge in [-0.3, -0.25) is 14.5 Å². The Bertz CT molecular complexity index is 2320. The Morgan fingerprint density at radius 1 is 0.685 bits per heavy atom. The number of rotatable bonds is 13. The number of nitriles is 1. The fourth-order valence-electron chi connectivity index (χ4n) is 6.78. The molecular weight excluding hydrogens is 723 g/mol. The van der Waals surface area contributed by atoms with Crippen molar-refractivity contribution in [1.82, 2.24) is 4.90 Å². The summed E-state index contributed by atoms with van der Waals surface area (Å²) >= 11 is 5.14. The summed E-state index contributed by atoms with van der Waals surface area (Å²) in [4.78, 5) is 37.3. The predicted octanol–water partition coefficient (Wildman–Crippen LogP) is 13.2. The first kappa shape index (κ1) is 37.0. The van der Waals surface area contributed by atoms with Crippen LogP contribution in [0, 0.1) is 17.2 Å². The molecule has 1 unspecified atom stereocenters. The Labute approximate surface area is 329 Å². The zero-order valence-electron chi connectivity index (χ0n) is 30.6. The number of hydrogen-bond acceptors (Lipinski definition) is 7. The average molecular weight is 764 g/mol. The van der Waals surface area contributed by atoms with Gasteiger partial charge in [-0.05, 0) is 109 Å². The van der Waals surface area contributed by atoms with Gasteiger partial charge in [-0.1, -0.05) is 81.6 Å². The van der Waals surface area contributed by atoms with Crippen LogP contribution in [0.25, 0.3) is 36.0 Å². The van der Waals surface area contributed by atoms with Crippen molar-refractivity contribution < 1.29 is 9.59 Å². The molecule has 2 amide bonds. The zero-order chi connectivity index (χ0) is 37.6. The van der Waals surface area contributed by atoms with Crippen LogP contribution in [-0.2, 0) is 9.59 Å². The van der Waals surface area contributed by atoms with Crippen molar-refractivity contribution in [3.63, 3.8) is 0 Å². The van der Waals surface area contributed by atoms with Crippen molar-refractivity contribution in [2.24, 2.45) is 5.92 Å². The van der Waals surface area contributed by atoms with Crippen LogP contribution in [0.1, 0.15) is 51.3 Å². The summed E-state index contributed by atoms with van der Waals surface area (Å²) in [7, 11) is 0. The monoisotopic (exact) mass is 763 g/mol. The van der Waals surface area contributed by atoms with Crippen LogP contribution >= 0.6 is 34.0 Å². The normalized spacial score (nSPS) is 14.5. The maximum atomic E-state index is 13.7. The number of amides is 2. The van der Waals surface area contributed by atoms with Crippen molar-refractivity contribution >= 4 is 69.0 Å². The molecule has 0 saturated heterocycles. The molecule has 4 heterocycles. The summed E-state index contributed by atoms with van der Waals surface area (Å²) in [5.74, 6) is -0.571. The molecule has 6 aromatic rings. The van der Waals surface area contributed by atoms with E-state index in [1.807, 2.05) is 24.3 Å². The first-order valence-corrected chi connectivity index (χ1v) is 20.8. The highest BCUT2D eigenvalue weighted by molar-refractivity contribution is 7.27. The maximum Gasteiger partial charge on any atom is 0.271 e. The number of carbonyl (C=O) groups is 2. The smallest absolute Gasteiger partial charge is 0.271 e. The van der Waals surface area contributed by atoms with Gasteiger partial charge in [0.05, 0.1) is 0 Å². The molecule has 0 aliphatic carbocycles. The molecule has 8 heteroatoms. The molecule has 3 aromatic heterocycles. The van der Waals surface area contributed by atoms with E-state index in [0.717, 1.165) is 57.4 Å². The number of anilines is 3. The Balaban J connectivity index is 1.09. The highest BCUT2D eigenvalue weighted by Gasteiger charge is 2.36. The molecule has 270 valence electrons. The van der Waals surface area contributed by atoms with Gasteiger partial charge in [0.15, 0.2) is 0 Å². The number of carbonyl (C=O) groups excluding carboxylic acids is 2. The van der Waals surface area contributed by atoms with E-state index in [2.05, 4.69) is 128 Å². The van der Waals surface area contributed by atoms with Crippen LogP contribution in [0.4, 0.5) is 17.1 Å². The summed E-state index contributed by atoms with van der Waals surface area (Å²) < 4.78 is 0. The molecule has 0 bridgehead atoms. The highest BCUT2D eigenvalue weighted by Crippen LogP contribution is 2.43. The standard InChI is InChI=1S/C46H41N3O2S3/c1-4-6-13-32(5-2)30-48-45(50)38(31(3)39(29-47)46(48)51)28-37-22-23-41(52-37)42-26-27-44(54-42)43-25-24-40(53-43)33-18-20-36(21-19-33)49(34-14-9-7-10-15-34)35-16-11-8-12-17-35/h7-12,14-28,32H,4-6,13,30H2,1-3H3/b38-28-. The van der Waals surface area contributed by atoms with Crippen LogP contribution < -0.4 is 4.90 Å². The van der Waals surface area contributed by atoms with Crippen molar-refractivity contribution in [2.75, 3.05) is 11.4 Å². The van der Waals surface area contributed by atoms with E-state index in [-0.39, 0.29) is 17.4 Å². The third-order valence-electron chi connectivity index (χ3n) is 9.86. The number of benzene rings is 3. The van der Waals surface area contributed by atoms with E-state index in [1.165, 1.54) is 25.1 Å². The summed E-state index contributed by atoms with van der Waals surface area (Å²) in [6, 6.07) is 44.5. The minimum absolute atomic E-state index is 0.0541. The molecule has 7 rings (SSSR count). The van der Waals surface area contributed by atoms with Crippen LogP contribution in [0.15, 0.2) is 138 Å². The molecular formula is C46H41N3O2S3. The van der Waals surface area contributed by atoms with Gasteiger partial charge in [0.25, 0.3) is 11.8 Å². The number of thiophene rings is 3. The fourth-order valence-corrected chi connectivity index (χ4v) is 9.93. The molecule has 1 atom stereocenters. The summed E-state index contributed by atoms with van der Waals surface area (Å²) in [5, 5.41) is 9.89. The number of imide groups is 1. The predicted molar refractivity (Wildman–Crippen MR) is 227 cm³/mol. The molecule has 1 aliphatic rings. The van der Waals surface area contributed by atoms with Crippen molar-refractivity contribution in [3.8, 4) is 36.0 Å². The van der Waals surface area contributed by atoms with Gasteiger partial charge in [-0.25, -0.2) is 0 Å². The third-order valence-corrected chi connectivity index (χ3v) is 13.5. The number of unbranched alkanes of at least 4 members (excludes halogenated alkanes) is 1. The molecule has 0 spiro atoms. The van der Waals surface area contributed by atoms with E-state index in [9.17, 15) is 14.9 Å². The number of para-hydroxylation sites is 2. The lowest BCUT2D eigenvalue weighted by Crippen LogP contribution is -2.45. The first-order valence-electron chi connectivity index (χ1n) is 18.4. The average Bonchev–Trinajstić information content (AvgIpc) is 4.00. The largest absolute Gasteiger partial charge is 0.311 e. The molecule has 5 nitrogen and oxygen atoms in total. The Morgan fingerprint density at radius 3 is 1.80 bits per heavy atom. The summed E-state index contributed by atoms with van der Waals surface area (Å²) in [5.41, 5.74) is 5.43. The van der Waals surface area contributed by atoms with Gasteiger partial charge in [-0.2, -0.15) is 5.26 Å². The molecule has 0 radical (unpaired) electrons. The van der Waals surface area contributed by atoms with Gasteiger partial charge in [0.2, 0.25) is 0 Å². The van der Waals surface area contributed by atoms with E-state index in [0.29, 0.717) is 17.7 Å². The van der Waals surface area contributed by atoms with Gasteiger partial charge < -0.3 is 4.90 Å². The number of nitrogens with zero attached hydrogens (tertiary/aromatic N) is 3. The molecule has 0 fully saturated rings.